The Labute approximate surface area is 167 Å². The fourth-order valence-electron chi connectivity index (χ4n) is 3.19. The van der Waals surface area contributed by atoms with Gasteiger partial charge in [0.05, 0.1) is 29.6 Å². The van der Waals surface area contributed by atoms with Gasteiger partial charge >= 0.3 is 11.9 Å². The molecule has 0 fully saturated rings. The highest BCUT2D eigenvalue weighted by molar-refractivity contribution is 6.06. The van der Waals surface area contributed by atoms with Crippen LogP contribution in [0, 0.1) is 0 Å². The minimum Gasteiger partial charge on any atom is -0.465 e. The number of amides is 2. The van der Waals surface area contributed by atoms with Gasteiger partial charge in [-0.3, -0.25) is 9.59 Å². The summed E-state index contributed by atoms with van der Waals surface area (Å²) in [5, 5.41) is 2.76. The van der Waals surface area contributed by atoms with E-state index >= 15 is 0 Å². The third-order valence-corrected chi connectivity index (χ3v) is 4.51. The lowest BCUT2D eigenvalue weighted by Gasteiger charge is -2.27. The summed E-state index contributed by atoms with van der Waals surface area (Å²) in [6.07, 6.45) is 0.111. The van der Waals surface area contributed by atoms with Gasteiger partial charge < -0.3 is 19.7 Å². The zero-order valence-corrected chi connectivity index (χ0v) is 16.0. The average Bonchev–Trinajstić information content (AvgIpc) is 2.85. The van der Waals surface area contributed by atoms with Crippen LogP contribution in [0.5, 0.6) is 0 Å². The van der Waals surface area contributed by atoms with Crippen molar-refractivity contribution in [2.45, 2.75) is 19.4 Å². The van der Waals surface area contributed by atoms with Gasteiger partial charge in [-0.2, -0.15) is 0 Å². The van der Waals surface area contributed by atoms with Crippen LogP contribution in [0.25, 0.3) is 0 Å². The van der Waals surface area contributed by atoms with Gasteiger partial charge in [-0.15, -0.1) is 0 Å². The van der Waals surface area contributed by atoms with Crippen LogP contribution in [0.15, 0.2) is 48.5 Å². The van der Waals surface area contributed by atoms with Crippen LogP contribution in [0.1, 0.15) is 34.1 Å². The SMILES string of the molecule is COC(=O)c1ccccc1C(=O)OCC(=O)N1c2ccccc2NC(=O)CC1C. The van der Waals surface area contributed by atoms with E-state index in [2.05, 4.69) is 10.1 Å². The van der Waals surface area contributed by atoms with E-state index in [0.717, 1.165) is 0 Å². The fraction of sp³-hybridized carbons (Fsp3) is 0.238. The van der Waals surface area contributed by atoms with Crippen molar-refractivity contribution in [2.24, 2.45) is 0 Å². The van der Waals surface area contributed by atoms with Gasteiger partial charge in [0, 0.05) is 12.5 Å². The molecule has 2 aromatic carbocycles. The number of ether oxygens (including phenoxy) is 2. The summed E-state index contributed by atoms with van der Waals surface area (Å²) >= 11 is 0. The summed E-state index contributed by atoms with van der Waals surface area (Å²) in [5.74, 6) is -2.18. The molecule has 8 nitrogen and oxygen atoms in total. The smallest absolute Gasteiger partial charge is 0.339 e. The Bertz CT molecular complexity index is 971. The van der Waals surface area contributed by atoms with Gasteiger partial charge in [-0.25, -0.2) is 9.59 Å². The maximum atomic E-state index is 12.9. The summed E-state index contributed by atoms with van der Waals surface area (Å²) in [6, 6.07) is 12.5. The lowest BCUT2D eigenvalue weighted by Crippen LogP contribution is -2.41. The Morgan fingerprint density at radius 2 is 1.66 bits per heavy atom. The highest BCUT2D eigenvalue weighted by Crippen LogP contribution is 2.31. The molecular weight excluding hydrogens is 376 g/mol. The van der Waals surface area contributed by atoms with E-state index in [-0.39, 0.29) is 23.5 Å². The number of rotatable bonds is 4. The summed E-state index contributed by atoms with van der Waals surface area (Å²) in [7, 11) is 1.21. The third-order valence-electron chi connectivity index (χ3n) is 4.51. The number of nitrogens with zero attached hydrogens (tertiary/aromatic N) is 1. The van der Waals surface area contributed by atoms with Crippen molar-refractivity contribution in [3.63, 3.8) is 0 Å². The highest BCUT2D eigenvalue weighted by Gasteiger charge is 2.30. The third kappa shape index (κ3) is 4.26. The van der Waals surface area contributed by atoms with E-state index in [0.29, 0.717) is 11.4 Å². The van der Waals surface area contributed by atoms with Crippen LogP contribution < -0.4 is 10.2 Å². The number of benzene rings is 2. The number of methoxy groups -OCH3 is 1. The molecule has 0 saturated carbocycles. The molecule has 0 spiro atoms. The largest absolute Gasteiger partial charge is 0.465 e. The Morgan fingerprint density at radius 1 is 1.03 bits per heavy atom. The van der Waals surface area contributed by atoms with Gasteiger partial charge in [0.1, 0.15) is 0 Å². The van der Waals surface area contributed by atoms with Crippen molar-refractivity contribution in [2.75, 3.05) is 23.9 Å². The van der Waals surface area contributed by atoms with Gasteiger partial charge in [-0.1, -0.05) is 24.3 Å². The van der Waals surface area contributed by atoms with Crippen molar-refractivity contribution < 1.29 is 28.7 Å². The predicted octanol–water partition coefficient (Wildman–Crippen LogP) is 2.39. The Hall–Kier alpha value is -3.68. The number of esters is 2. The maximum Gasteiger partial charge on any atom is 0.339 e. The Kier molecular flexibility index (Phi) is 5.92. The molecule has 1 aliphatic rings. The molecule has 1 N–H and O–H groups in total. The summed E-state index contributed by atoms with van der Waals surface area (Å²) in [6.45, 7) is 1.20. The average molecular weight is 396 g/mol. The lowest BCUT2D eigenvalue weighted by molar-refractivity contribution is -0.122. The zero-order chi connectivity index (χ0) is 21.0. The van der Waals surface area contributed by atoms with Crippen LogP contribution >= 0.6 is 0 Å². The number of hydrogen-bond acceptors (Lipinski definition) is 6. The topological polar surface area (TPSA) is 102 Å². The van der Waals surface area contributed by atoms with E-state index in [1.165, 1.54) is 24.1 Å². The number of fused-ring (bicyclic) bond motifs is 1. The van der Waals surface area contributed by atoms with Crippen LogP contribution in [0.3, 0.4) is 0 Å². The second-order valence-corrected chi connectivity index (χ2v) is 6.50. The van der Waals surface area contributed by atoms with Crippen LogP contribution in [0.2, 0.25) is 0 Å². The van der Waals surface area contributed by atoms with E-state index < -0.39 is 30.5 Å². The molecule has 0 saturated heterocycles. The molecule has 1 heterocycles. The van der Waals surface area contributed by atoms with Crippen molar-refractivity contribution in [3.05, 3.63) is 59.7 Å². The summed E-state index contributed by atoms with van der Waals surface area (Å²) in [4.78, 5) is 50.6. The molecule has 8 heteroatoms. The van der Waals surface area contributed by atoms with Crippen molar-refractivity contribution >= 4 is 35.1 Å². The van der Waals surface area contributed by atoms with Crippen molar-refractivity contribution in [1.29, 1.82) is 0 Å². The molecule has 1 atom stereocenters. The van der Waals surface area contributed by atoms with Gasteiger partial charge in [-0.05, 0) is 31.2 Å². The molecule has 0 aromatic heterocycles. The maximum absolute atomic E-state index is 12.9. The van der Waals surface area contributed by atoms with Crippen LogP contribution in [-0.2, 0) is 19.1 Å². The van der Waals surface area contributed by atoms with E-state index in [4.69, 9.17) is 4.74 Å². The minimum atomic E-state index is -0.815. The summed E-state index contributed by atoms with van der Waals surface area (Å²) < 4.78 is 9.83. The number of carbonyl (C=O) groups excluding carboxylic acids is 4. The Morgan fingerprint density at radius 3 is 2.34 bits per heavy atom. The predicted molar refractivity (Wildman–Crippen MR) is 105 cm³/mol. The lowest BCUT2D eigenvalue weighted by atomic mass is 10.1. The first-order valence-electron chi connectivity index (χ1n) is 8.97. The number of hydrogen-bond donors (Lipinski definition) is 1. The number of para-hydroxylation sites is 2. The fourth-order valence-corrected chi connectivity index (χ4v) is 3.19. The van der Waals surface area contributed by atoms with Gasteiger partial charge in [0.2, 0.25) is 5.91 Å². The van der Waals surface area contributed by atoms with Gasteiger partial charge in [0.15, 0.2) is 6.61 Å². The molecule has 2 aromatic rings. The number of anilines is 2. The van der Waals surface area contributed by atoms with Crippen molar-refractivity contribution in [1.82, 2.24) is 0 Å². The highest BCUT2D eigenvalue weighted by atomic mass is 16.5. The first-order chi connectivity index (χ1) is 13.9. The molecular formula is C21H20N2O6. The second-order valence-electron chi connectivity index (χ2n) is 6.50. The molecule has 0 bridgehead atoms. The van der Waals surface area contributed by atoms with E-state index in [9.17, 15) is 19.2 Å². The zero-order valence-electron chi connectivity index (χ0n) is 16.0. The molecule has 0 aliphatic carbocycles. The van der Waals surface area contributed by atoms with E-state index in [1.807, 2.05) is 0 Å². The summed E-state index contributed by atoms with van der Waals surface area (Å²) in [5.41, 5.74) is 1.10. The second kappa shape index (κ2) is 8.55. The molecule has 1 aliphatic heterocycles. The normalized spacial score (nSPS) is 15.6. The van der Waals surface area contributed by atoms with Crippen molar-refractivity contribution in [3.8, 4) is 0 Å². The Balaban J connectivity index is 1.78. The molecule has 1 unspecified atom stereocenters. The molecule has 3 rings (SSSR count). The monoisotopic (exact) mass is 396 g/mol. The minimum absolute atomic E-state index is 0.00769. The molecule has 0 radical (unpaired) electrons. The first-order valence-corrected chi connectivity index (χ1v) is 8.97. The molecule has 29 heavy (non-hydrogen) atoms. The number of carbonyl (C=O) groups is 4. The molecule has 150 valence electrons. The standard InChI is InChI=1S/C21H20N2O6/c1-13-11-18(24)22-16-9-5-6-10-17(16)23(13)19(25)12-29-21(27)15-8-4-3-7-14(15)20(26)28-2/h3-10,13H,11-12H2,1-2H3,(H,22,24). The van der Waals surface area contributed by atoms with E-state index in [1.54, 1.807) is 43.3 Å². The van der Waals surface area contributed by atoms with Crippen LogP contribution in [0.4, 0.5) is 11.4 Å². The first kappa shape index (κ1) is 20.1. The van der Waals surface area contributed by atoms with Crippen LogP contribution in [-0.4, -0.2) is 43.5 Å². The number of nitrogens with one attached hydrogen (secondary N) is 1. The van der Waals surface area contributed by atoms with Gasteiger partial charge in [0.25, 0.3) is 5.91 Å². The molecule has 2 amide bonds. The quantitative estimate of drug-likeness (QED) is 0.797.